The Kier molecular flexibility index (Phi) is 3.24. The monoisotopic (exact) mass is 225 g/mol. The van der Waals surface area contributed by atoms with E-state index in [1.807, 2.05) is 54.6 Å². The molecule has 0 heterocycles. The average molecular weight is 225 g/mol. The fourth-order valence-electron chi connectivity index (χ4n) is 1.88. The summed E-state index contributed by atoms with van der Waals surface area (Å²) in [7, 11) is 0. The van der Waals surface area contributed by atoms with E-state index in [2.05, 4.69) is 0 Å². The summed E-state index contributed by atoms with van der Waals surface area (Å²) in [6.45, 7) is 1.65. The average Bonchev–Trinajstić information content (AvgIpc) is 2.39. The first-order valence-corrected chi connectivity index (χ1v) is 5.55. The number of benzene rings is 2. The zero-order valence-corrected chi connectivity index (χ0v) is 9.59. The molecular formula is C15H13O2. The van der Waals surface area contributed by atoms with Crippen LogP contribution in [0.5, 0.6) is 0 Å². The standard InChI is InChI=1S/C15H13O2/c1-11(15(16)17)13-9-5-6-10-14(13)12-7-3-2-4-8-12/h2-11H,1H3. The van der Waals surface area contributed by atoms with Crippen LogP contribution in [0.3, 0.4) is 0 Å². The molecule has 0 amide bonds. The summed E-state index contributed by atoms with van der Waals surface area (Å²) in [5.74, 6) is -1.65. The molecule has 1 radical (unpaired) electrons. The highest BCUT2D eigenvalue weighted by Gasteiger charge is 2.19. The molecule has 0 aliphatic carbocycles. The highest BCUT2D eigenvalue weighted by atomic mass is 16.4. The first-order valence-electron chi connectivity index (χ1n) is 5.55. The minimum Gasteiger partial charge on any atom is -0.247 e. The van der Waals surface area contributed by atoms with Gasteiger partial charge in [-0.25, -0.2) is 9.90 Å². The van der Waals surface area contributed by atoms with E-state index in [1.54, 1.807) is 6.92 Å². The van der Waals surface area contributed by atoms with Crippen molar-refractivity contribution in [2.45, 2.75) is 12.8 Å². The van der Waals surface area contributed by atoms with Gasteiger partial charge in [-0.1, -0.05) is 54.6 Å². The molecule has 1 unspecified atom stereocenters. The molecule has 0 N–H and O–H groups in total. The zero-order chi connectivity index (χ0) is 12.3. The molecule has 0 saturated heterocycles. The molecule has 2 rings (SSSR count). The number of hydrogen-bond acceptors (Lipinski definition) is 1. The number of hydrogen-bond donors (Lipinski definition) is 0. The van der Waals surface area contributed by atoms with Crippen LogP contribution in [-0.4, -0.2) is 5.97 Å². The zero-order valence-electron chi connectivity index (χ0n) is 9.59. The van der Waals surface area contributed by atoms with Gasteiger partial charge < -0.3 is 0 Å². The van der Waals surface area contributed by atoms with Crippen molar-refractivity contribution in [3.8, 4) is 11.1 Å². The lowest BCUT2D eigenvalue weighted by atomic mass is 9.92. The smallest absolute Gasteiger partial charge is 0.247 e. The summed E-state index contributed by atoms with van der Waals surface area (Å²) >= 11 is 0. The first kappa shape index (κ1) is 11.4. The summed E-state index contributed by atoms with van der Waals surface area (Å²) in [5.41, 5.74) is 2.76. The molecule has 2 heteroatoms. The van der Waals surface area contributed by atoms with Crippen LogP contribution in [0.2, 0.25) is 0 Å². The normalized spacial score (nSPS) is 12.1. The van der Waals surface area contributed by atoms with E-state index >= 15 is 0 Å². The molecule has 2 aromatic carbocycles. The SMILES string of the molecule is CC(C([O])=O)c1ccccc1-c1ccccc1. The Balaban J connectivity index is 2.52. The third kappa shape index (κ3) is 2.36. The Bertz CT molecular complexity index is 517. The highest BCUT2D eigenvalue weighted by Crippen LogP contribution is 2.29. The van der Waals surface area contributed by atoms with Gasteiger partial charge in [0.1, 0.15) is 0 Å². The molecule has 0 saturated carbocycles. The van der Waals surface area contributed by atoms with Gasteiger partial charge in [0.2, 0.25) is 0 Å². The van der Waals surface area contributed by atoms with Crippen molar-refractivity contribution in [1.82, 2.24) is 0 Å². The fourth-order valence-corrected chi connectivity index (χ4v) is 1.88. The highest BCUT2D eigenvalue weighted by molar-refractivity contribution is 5.80. The van der Waals surface area contributed by atoms with Gasteiger partial charge in [-0.2, -0.15) is 0 Å². The second kappa shape index (κ2) is 4.83. The second-order valence-electron chi connectivity index (χ2n) is 3.99. The van der Waals surface area contributed by atoms with Gasteiger partial charge in [0, 0.05) is 0 Å². The molecule has 0 fully saturated rings. The molecule has 0 aliphatic heterocycles. The van der Waals surface area contributed by atoms with Crippen molar-refractivity contribution in [3.63, 3.8) is 0 Å². The third-order valence-electron chi connectivity index (χ3n) is 2.87. The maximum Gasteiger partial charge on any atom is 0.362 e. The van der Waals surface area contributed by atoms with Crippen molar-refractivity contribution in [2.24, 2.45) is 0 Å². The lowest BCUT2D eigenvalue weighted by Crippen LogP contribution is -2.07. The predicted molar refractivity (Wildman–Crippen MR) is 66.0 cm³/mol. The molecule has 0 aliphatic rings. The number of carbonyl (C=O) groups excluding carboxylic acids is 1. The van der Waals surface area contributed by atoms with E-state index in [1.165, 1.54) is 0 Å². The van der Waals surface area contributed by atoms with Gasteiger partial charge >= 0.3 is 5.97 Å². The fraction of sp³-hybridized carbons (Fsp3) is 0.133. The van der Waals surface area contributed by atoms with Crippen LogP contribution in [0.25, 0.3) is 11.1 Å². The molecule has 2 aromatic rings. The van der Waals surface area contributed by atoms with Crippen LogP contribution in [0.1, 0.15) is 18.4 Å². The first-order chi connectivity index (χ1) is 8.20. The van der Waals surface area contributed by atoms with E-state index in [-0.39, 0.29) is 0 Å². The lowest BCUT2D eigenvalue weighted by Gasteiger charge is -2.12. The molecule has 1 atom stereocenters. The summed E-state index contributed by atoms with van der Waals surface area (Å²) in [4.78, 5) is 11.0. The van der Waals surface area contributed by atoms with Crippen LogP contribution in [0.15, 0.2) is 54.6 Å². The van der Waals surface area contributed by atoms with Gasteiger partial charge in [-0.05, 0) is 23.6 Å². The summed E-state index contributed by atoms with van der Waals surface area (Å²) in [6.07, 6.45) is 0. The van der Waals surface area contributed by atoms with Crippen molar-refractivity contribution in [2.75, 3.05) is 0 Å². The van der Waals surface area contributed by atoms with E-state index in [9.17, 15) is 9.90 Å². The second-order valence-corrected chi connectivity index (χ2v) is 3.99. The molecular weight excluding hydrogens is 212 g/mol. The van der Waals surface area contributed by atoms with Gasteiger partial charge in [0.15, 0.2) is 0 Å². The molecule has 17 heavy (non-hydrogen) atoms. The van der Waals surface area contributed by atoms with Crippen LogP contribution < -0.4 is 0 Å². The van der Waals surface area contributed by atoms with Gasteiger partial charge in [0.25, 0.3) is 0 Å². The summed E-state index contributed by atoms with van der Waals surface area (Å²) in [6, 6.07) is 17.3. The molecule has 0 spiro atoms. The van der Waals surface area contributed by atoms with Gasteiger partial charge in [-0.15, -0.1) is 0 Å². The van der Waals surface area contributed by atoms with Crippen molar-refractivity contribution in [1.29, 1.82) is 0 Å². The number of rotatable bonds is 3. The van der Waals surface area contributed by atoms with E-state index in [0.29, 0.717) is 0 Å². The van der Waals surface area contributed by atoms with E-state index in [0.717, 1.165) is 16.7 Å². The van der Waals surface area contributed by atoms with Crippen molar-refractivity contribution in [3.05, 3.63) is 60.2 Å². The summed E-state index contributed by atoms with van der Waals surface area (Å²) < 4.78 is 0. The Labute approximate surface area is 101 Å². The van der Waals surface area contributed by atoms with Crippen LogP contribution in [0, 0.1) is 0 Å². The quantitative estimate of drug-likeness (QED) is 0.788. The van der Waals surface area contributed by atoms with Gasteiger partial charge in [0.05, 0.1) is 5.92 Å². The van der Waals surface area contributed by atoms with Crippen molar-refractivity contribution < 1.29 is 9.90 Å². The maximum absolute atomic E-state index is 11.0. The topological polar surface area (TPSA) is 37.0 Å². The lowest BCUT2D eigenvalue weighted by molar-refractivity contribution is -0.144. The van der Waals surface area contributed by atoms with Crippen LogP contribution in [-0.2, 0) is 9.90 Å². The Morgan fingerprint density at radius 3 is 2.18 bits per heavy atom. The third-order valence-corrected chi connectivity index (χ3v) is 2.87. The van der Waals surface area contributed by atoms with E-state index in [4.69, 9.17) is 0 Å². The number of carbonyl (C=O) groups is 1. The molecule has 2 nitrogen and oxygen atoms in total. The Morgan fingerprint density at radius 1 is 0.941 bits per heavy atom. The Morgan fingerprint density at radius 2 is 1.53 bits per heavy atom. The maximum atomic E-state index is 11.0. The minimum atomic E-state index is -1.05. The van der Waals surface area contributed by atoms with Crippen molar-refractivity contribution >= 4 is 5.97 Å². The van der Waals surface area contributed by atoms with Crippen LogP contribution in [0.4, 0.5) is 0 Å². The molecule has 0 aromatic heterocycles. The minimum absolute atomic E-state index is 0.605. The van der Waals surface area contributed by atoms with Gasteiger partial charge in [-0.3, -0.25) is 0 Å². The predicted octanol–water partition coefficient (Wildman–Crippen LogP) is 3.41. The molecule has 0 bridgehead atoms. The Hall–Kier alpha value is -2.09. The van der Waals surface area contributed by atoms with E-state index < -0.39 is 11.9 Å². The van der Waals surface area contributed by atoms with Crippen LogP contribution >= 0.6 is 0 Å². The summed E-state index contributed by atoms with van der Waals surface area (Å²) in [5, 5.41) is 11.0. The largest absolute Gasteiger partial charge is 0.362 e. The molecule has 85 valence electrons.